The van der Waals surface area contributed by atoms with Crippen LogP contribution in [0.15, 0.2) is 48.8 Å². The van der Waals surface area contributed by atoms with E-state index in [0.717, 1.165) is 11.0 Å². The Balaban J connectivity index is 1.85. The highest BCUT2D eigenvalue weighted by Crippen LogP contribution is 2.22. The van der Waals surface area contributed by atoms with Crippen molar-refractivity contribution in [3.8, 4) is 11.5 Å². The Morgan fingerprint density at radius 3 is 2.95 bits per heavy atom. The lowest BCUT2D eigenvalue weighted by Crippen LogP contribution is -2.10. The number of nitrogens with one attached hydrogen (secondary N) is 1. The molecular weight excluding hydrogens is 268 g/mol. The SMILES string of the molecule is CCOc1ccccc1C(=O)Oc1ccc2[nH]cnc2c1. The number of carbonyl (C=O) groups excluding carboxylic acids is 1. The number of aromatic nitrogens is 2. The van der Waals surface area contributed by atoms with Gasteiger partial charge in [-0.25, -0.2) is 9.78 Å². The molecule has 0 radical (unpaired) electrons. The number of hydrogen-bond acceptors (Lipinski definition) is 4. The average Bonchev–Trinajstić information content (AvgIpc) is 2.95. The first kappa shape index (κ1) is 13.2. The molecule has 106 valence electrons. The van der Waals surface area contributed by atoms with Crippen molar-refractivity contribution in [3.63, 3.8) is 0 Å². The van der Waals surface area contributed by atoms with Gasteiger partial charge in [0.15, 0.2) is 0 Å². The zero-order valence-electron chi connectivity index (χ0n) is 11.5. The molecular formula is C16H14N2O3. The zero-order valence-corrected chi connectivity index (χ0v) is 11.5. The Bertz CT molecular complexity index is 780. The van der Waals surface area contributed by atoms with Gasteiger partial charge in [0.1, 0.15) is 17.1 Å². The van der Waals surface area contributed by atoms with E-state index in [1.807, 2.05) is 19.1 Å². The smallest absolute Gasteiger partial charge is 0.347 e. The number of hydrogen-bond donors (Lipinski definition) is 1. The maximum Gasteiger partial charge on any atom is 0.347 e. The summed E-state index contributed by atoms with van der Waals surface area (Å²) < 4.78 is 10.8. The minimum atomic E-state index is -0.450. The molecule has 21 heavy (non-hydrogen) atoms. The minimum Gasteiger partial charge on any atom is -0.493 e. The molecule has 5 heteroatoms. The van der Waals surface area contributed by atoms with E-state index in [1.165, 1.54) is 0 Å². The minimum absolute atomic E-state index is 0.404. The first-order chi connectivity index (χ1) is 10.3. The number of imidazole rings is 1. The van der Waals surface area contributed by atoms with Crippen LogP contribution in [0.2, 0.25) is 0 Å². The number of nitrogens with zero attached hydrogens (tertiary/aromatic N) is 1. The summed E-state index contributed by atoms with van der Waals surface area (Å²) in [5.74, 6) is 0.519. The number of ether oxygens (including phenoxy) is 2. The Labute approximate surface area is 121 Å². The van der Waals surface area contributed by atoms with Gasteiger partial charge in [0.25, 0.3) is 0 Å². The molecule has 1 aromatic heterocycles. The summed E-state index contributed by atoms with van der Waals surface area (Å²) in [5, 5.41) is 0. The number of para-hydroxylation sites is 1. The van der Waals surface area contributed by atoms with Crippen molar-refractivity contribution in [2.24, 2.45) is 0 Å². The largest absolute Gasteiger partial charge is 0.493 e. The summed E-state index contributed by atoms with van der Waals surface area (Å²) in [6.07, 6.45) is 1.60. The van der Waals surface area contributed by atoms with Gasteiger partial charge in [-0.3, -0.25) is 0 Å². The van der Waals surface area contributed by atoms with E-state index in [9.17, 15) is 4.79 Å². The number of esters is 1. The number of benzene rings is 2. The third kappa shape index (κ3) is 2.72. The second kappa shape index (κ2) is 5.66. The molecule has 0 saturated heterocycles. The van der Waals surface area contributed by atoms with Crippen LogP contribution in [0.5, 0.6) is 11.5 Å². The quantitative estimate of drug-likeness (QED) is 0.589. The predicted octanol–water partition coefficient (Wildman–Crippen LogP) is 3.18. The van der Waals surface area contributed by atoms with Crippen LogP contribution in [0, 0.1) is 0 Å². The van der Waals surface area contributed by atoms with Crippen molar-refractivity contribution in [2.75, 3.05) is 6.61 Å². The summed E-state index contributed by atoms with van der Waals surface area (Å²) in [6, 6.07) is 12.3. The molecule has 0 aliphatic heterocycles. The fourth-order valence-electron chi connectivity index (χ4n) is 2.05. The Kier molecular flexibility index (Phi) is 3.55. The van der Waals surface area contributed by atoms with E-state index in [-0.39, 0.29) is 0 Å². The molecule has 0 unspecified atom stereocenters. The van der Waals surface area contributed by atoms with Crippen LogP contribution in [-0.4, -0.2) is 22.5 Å². The highest BCUT2D eigenvalue weighted by atomic mass is 16.5. The van der Waals surface area contributed by atoms with Crippen molar-refractivity contribution in [2.45, 2.75) is 6.92 Å². The summed E-state index contributed by atoms with van der Waals surface area (Å²) in [4.78, 5) is 19.4. The Morgan fingerprint density at radius 2 is 2.10 bits per heavy atom. The molecule has 1 N–H and O–H groups in total. The number of aromatic amines is 1. The molecule has 0 aliphatic carbocycles. The van der Waals surface area contributed by atoms with Gasteiger partial charge in [0.2, 0.25) is 0 Å². The topological polar surface area (TPSA) is 64.2 Å². The normalized spacial score (nSPS) is 10.5. The van der Waals surface area contributed by atoms with Crippen LogP contribution in [0.4, 0.5) is 0 Å². The standard InChI is InChI=1S/C16H14N2O3/c1-2-20-15-6-4-3-5-12(15)16(19)21-11-7-8-13-14(9-11)18-10-17-13/h3-10H,2H2,1H3,(H,17,18). The maximum absolute atomic E-state index is 12.3. The molecule has 3 aromatic rings. The van der Waals surface area contributed by atoms with Crippen LogP contribution in [0.25, 0.3) is 11.0 Å². The Hall–Kier alpha value is -2.82. The highest BCUT2D eigenvalue weighted by molar-refractivity contribution is 5.94. The summed E-state index contributed by atoms with van der Waals surface area (Å²) in [6.45, 7) is 2.36. The van der Waals surface area contributed by atoms with Crippen LogP contribution >= 0.6 is 0 Å². The van der Waals surface area contributed by atoms with Crippen LogP contribution < -0.4 is 9.47 Å². The van der Waals surface area contributed by atoms with E-state index in [1.54, 1.807) is 36.7 Å². The third-order valence-electron chi connectivity index (χ3n) is 3.01. The molecule has 0 saturated carbocycles. The lowest BCUT2D eigenvalue weighted by Gasteiger charge is -2.09. The zero-order chi connectivity index (χ0) is 14.7. The van der Waals surface area contributed by atoms with Gasteiger partial charge >= 0.3 is 5.97 Å². The van der Waals surface area contributed by atoms with Gasteiger partial charge in [-0.15, -0.1) is 0 Å². The van der Waals surface area contributed by atoms with E-state index in [4.69, 9.17) is 9.47 Å². The molecule has 0 atom stereocenters. The predicted molar refractivity (Wildman–Crippen MR) is 78.7 cm³/mol. The van der Waals surface area contributed by atoms with E-state index in [2.05, 4.69) is 9.97 Å². The molecule has 2 aromatic carbocycles. The average molecular weight is 282 g/mol. The maximum atomic E-state index is 12.3. The van der Waals surface area contributed by atoms with Crippen molar-refractivity contribution >= 4 is 17.0 Å². The second-order valence-corrected chi connectivity index (χ2v) is 4.40. The molecule has 0 bridgehead atoms. The lowest BCUT2D eigenvalue weighted by atomic mass is 10.2. The number of fused-ring (bicyclic) bond motifs is 1. The molecule has 0 aliphatic rings. The molecule has 0 amide bonds. The van der Waals surface area contributed by atoms with E-state index < -0.39 is 5.97 Å². The van der Waals surface area contributed by atoms with E-state index in [0.29, 0.717) is 23.7 Å². The third-order valence-corrected chi connectivity index (χ3v) is 3.01. The van der Waals surface area contributed by atoms with Crippen molar-refractivity contribution in [3.05, 3.63) is 54.4 Å². The van der Waals surface area contributed by atoms with Crippen molar-refractivity contribution < 1.29 is 14.3 Å². The monoisotopic (exact) mass is 282 g/mol. The second-order valence-electron chi connectivity index (χ2n) is 4.40. The molecule has 0 fully saturated rings. The number of H-pyrrole nitrogens is 1. The van der Waals surface area contributed by atoms with Crippen LogP contribution in [-0.2, 0) is 0 Å². The summed E-state index contributed by atoms with van der Waals surface area (Å²) in [5.41, 5.74) is 2.05. The number of carbonyl (C=O) groups is 1. The highest BCUT2D eigenvalue weighted by Gasteiger charge is 2.14. The van der Waals surface area contributed by atoms with Gasteiger partial charge in [0, 0.05) is 6.07 Å². The van der Waals surface area contributed by atoms with Gasteiger partial charge in [-0.2, -0.15) is 0 Å². The van der Waals surface area contributed by atoms with Crippen molar-refractivity contribution in [1.82, 2.24) is 9.97 Å². The van der Waals surface area contributed by atoms with Gasteiger partial charge in [-0.05, 0) is 31.2 Å². The lowest BCUT2D eigenvalue weighted by molar-refractivity contribution is 0.0730. The molecule has 3 rings (SSSR count). The molecule has 1 heterocycles. The van der Waals surface area contributed by atoms with Gasteiger partial charge in [0.05, 0.1) is 24.0 Å². The molecule has 5 nitrogen and oxygen atoms in total. The van der Waals surface area contributed by atoms with E-state index >= 15 is 0 Å². The number of rotatable bonds is 4. The Morgan fingerprint density at radius 1 is 1.24 bits per heavy atom. The fourth-order valence-corrected chi connectivity index (χ4v) is 2.05. The van der Waals surface area contributed by atoms with Gasteiger partial charge in [-0.1, -0.05) is 12.1 Å². The fraction of sp³-hybridized carbons (Fsp3) is 0.125. The molecule has 0 spiro atoms. The first-order valence-corrected chi connectivity index (χ1v) is 6.65. The summed E-state index contributed by atoms with van der Waals surface area (Å²) in [7, 11) is 0. The van der Waals surface area contributed by atoms with Gasteiger partial charge < -0.3 is 14.5 Å². The summed E-state index contributed by atoms with van der Waals surface area (Å²) >= 11 is 0. The van der Waals surface area contributed by atoms with Crippen LogP contribution in [0.3, 0.4) is 0 Å². The van der Waals surface area contributed by atoms with Crippen LogP contribution in [0.1, 0.15) is 17.3 Å². The first-order valence-electron chi connectivity index (χ1n) is 6.65. The van der Waals surface area contributed by atoms with Crippen molar-refractivity contribution in [1.29, 1.82) is 0 Å².